The van der Waals surface area contributed by atoms with Gasteiger partial charge in [0.05, 0.1) is 6.34 Å². The van der Waals surface area contributed by atoms with Crippen LogP contribution in [0, 0.1) is 17.5 Å². The van der Waals surface area contributed by atoms with Gasteiger partial charge >= 0.3 is 0 Å². The second kappa shape index (κ2) is 7.85. The van der Waals surface area contributed by atoms with Gasteiger partial charge in [0, 0.05) is 23.5 Å². The molecule has 3 amide bonds. The van der Waals surface area contributed by atoms with Crippen LogP contribution in [0.25, 0.3) is 0 Å². The molecule has 30 heavy (non-hydrogen) atoms. The van der Waals surface area contributed by atoms with Gasteiger partial charge in [-0.3, -0.25) is 19.4 Å². The summed E-state index contributed by atoms with van der Waals surface area (Å²) in [4.78, 5) is 40.0. The van der Waals surface area contributed by atoms with E-state index in [1.807, 2.05) is 0 Å². The smallest absolute Gasteiger partial charge is 0.261 e. The van der Waals surface area contributed by atoms with Crippen LogP contribution < -0.4 is 21.7 Å². The van der Waals surface area contributed by atoms with Gasteiger partial charge in [-0.05, 0) is 31.2 Å². The number of nitrogens with two attached hydrogens (primary N) is 1. The van der Waals surface area contributed by atoms with Gasteiger partial charge in [0.2, 0.25) is 5.91 Å². The second-order valence-electron chi connectivity index (χ2n) is 6.66. The summed E-state index contributed by atoms with van der Waals surface area (Å²) in [5.41, 5.74) is 3.50. The number of nitrogens with zero attached hydrogens (tertiary/aromatic N) is 1. The third-order valence-electron chi connectivity index (χ3n) is 4.54. The Hall–Kier alpha value is -3.89. The summed E-state index contributed by atoms with van der Waals surface area (Å²) in [5, 5.41) is 7.48. The van der Waals surface area contributed by atoms with Crippen LogP contribution in [-0.2, 0) is 9.59 Å². The van der Waals surface area contributed by atoms with Gasteiger partial charge in [-0.25, -0.2) is 13.2 Å². The summed E-state index contributed by atoms with van der Waals surface area (Å²) in [7, 11) is 0. The number of aliphatic imine (C=N–C) groups is 1. The summed E-state index contributed by atoms with van der Waals surface area (Å²) < 4.78 is 40.4. The number of hydrogen-bond acceptors (Lipinski definition) is 5. The number of rotatable bonds is 5. The van der Waals surface area contributed by atoms with E-state index in [2.05, 4.69) is 20.9 Å². The average molecular weight is 419 g/mol. The minimum Gasteiger partial charge on any atom is -0.368 e. The molecule has 0 aliphatic carbocycles. The molecule has 156 valence electrons. The van der Waals surface area contributed by atoms with E-state index >= 15 is 0 Å². The normalized spacial score (nSPS) is 19.8. The Bertz CT molecular complexity index is 1030. The number of hydrogen-bond donors (Lipinski definition) is 4. The van der Waals surface area contributed by atoms with E-state index in [9.17, 15) is 27.6 Å². The average Bonchev–Trinajstić information content (AvgIpc) is 3.06. The van der Waals surface area contributed by atoms with Crippen LogP contribution in [0.15, 0.2) is 41.4 Å². The quantitative estimate of drug-likeness (QED) is 0.587. The fourth-order valence-corrected chi connectivity index (χ4v) is 2.81. The van der Waals surface area contributed by atoms with Crippen molar-refractivity contribution in [2.24, 2.45) is 10.7 Å². The van der Waals surface area contributed by atoms with Gasteiger partial charge in [-0.15, -0.1) is 0 Å². The van der Waals surface area contributed by atoms with Crippen LogP contribution in [0.2, 0.25) is 0 Å². The number of carbonyl (C=O) groups excluding carboxylic acids is 3. The van der Waals surface area contributed by atoms with E-state index in [0.717, 1.165) is 0 Å². The monoisotopic (exact) mass is 419 g/mol. The summed E-state index contributed by atoms with van der Waals surface area (Å²) in [6.07, 6.45) is 1.22. The van der Waals surface area contributed by atoms with E-state index in [0.29, 0.717) is 17.8 Å². The number of halogens is 3. The van der Waals surface area contributed by atoms with Gasteiger partial charge < -0.3 is 21.7 Å². The first-order chi connectivity index (χ1) is 14.1. The Balaban J connectivity index is 1.69. The molecule has 0 aromatic heterocycles. The minimum absolute atomic E-state index is 0.170. The van der Waals surface area contributed by atoms with Crippen LogP contribution in [0.4, 0.5) is 24.5 Å². The lowest BCUT2D eigenvalue weighted by molar-refractivity contribution is -0.128. The largest absolute Gasteiger partial charge is 0.368 e. The predicted octanol–water partition coefficient (Wildman–Crippen LogP) is 1.54. The van der Waals surface area contributed by atoms with Gasteiger partial charge in [0.25, 0.3) is 11.8 Å². The number of primary amides is 1. The molecular weight excluding hydrogens is 403 g/mol. The lowest BCUT2D eigenvalue weighted by Gasteiger charge is -2.26. The van der Waals surface area contributed by atoms with Crippen LogP contribution in [0.5, 0.6) is 0 Å². The molecule has 0 spiro atoms. The number of amides is 3. The van der Waals surface area contributed by atoms with Crippen LogP contribution in [0.1, 0.15) is 17.3 Å². The zero-order valence-electron chi connectivity index (χ0n) is 15.5. The molecule has 2 aromatic rings. The second-order valence-corrected chi connectivity index (χ2v) is 6.66. The highest BCUT2D eigenvalue weighted by molar-refractivity contribution is 6.06. The molecule has 11 heteroatoms. The molecule has 2 unspecified atom stereocenters. The molecule has 0 fully saturated rings. The SMILES string of the molecule is CC1(C(N)=O)NC=NC1C(=O)Nc1ccc(NC(=O)c2c(F)cc(F)cc2F)cc1. The van der Waals surface area contributed by atoms with Crippen molar-refractivity contribution in [3.8, 4) is 0 Å². The first-order valence-electron chi connectivity index (χ1n) is 8.58. The van der Waals surface area contributed by atoms with Gasteiger partial charge in [-0.2, -0.15) is 0 Å². The number of carbonyl (C=O) groups is 3. The van der Waals surface area contributed by atoms with Crippen molar-refractivity contribution in [1.29, 1.82) is 0 Å². The molecule has 0 radical (unpaired) electrons. The Labute approximate surface area is 168 Å². The highest BCUT2D eigenvalue weighted by Gasteiger charge is 2.46. The molecule has 0 saturated heterocycles. The fraction of sp³-hybridized carbons (Fsp3) is 0.158. The first kappa shape index (κ1) is 20.8. The van der Waals surface area contributed by atoms with E-state index in [1.165, 1.54) is 37.5 Å². The van der Waals surface area contributed by atoms with Crippen molar-refractivity contribution in [2.45, 2.75) is 18.5 Å². The number of benzene rings is 2. The fourth-order valence-electron chi connectivity index (χ4n) is 2.81. The standard InChI is InChI=1S/C19H16F3N5O3/c1-19(18(23)30)15(24-8-25-19)17(29)27-11-4-2-10(3-5-11)26-16(28)14-12(21)6-9(20)7-13(14)22/h2-8,15H,1H3,(H2,23,30)(H,24,25)(H,26,28)(H,27,29). The van der Waals surface area contributed by atoms with Crippen molar-refractivity contribution in [3.63, 3.8) is 0 Å². The number of anilines is 2. The molecule has 1 aliphatic heterocycles. The maximum absolute atomic E-state index is 13.7. The van der Waals surface area contributed by atoms with E-state index in [1.54, 1.807) is 0 Å². The van der Waals surface area contributed by atoms with E-state index in [4.69, 9.17) is 5.73 Å². The van der Waals surface area contributed by atoms with E-state index in [-0.39, 0.29) is 5.69 Å². The predicted molar refractivity (Wildman–Crippen MR) is 102 cm³/mol. The van der Waals surface area contributed by atoms with Crippen LogP contribution in [0.3, 0.4) is 0 Å². The lowest BCUT2D eigenvalue weighted by Crippen LogP contribution is -2.59. The zero-order valence-corrected chi connectivity index (χ0v) is 15.5. The highest BCUT2D eigenvalue weighted by atomic mass is 19.1. The number of nitrogens with one attached hydrogen (secondary N) is 3. The van der Waals surface area contributed by atoms with Gasteiger partial charge in [0.15, 0.2) is 6.04 Å². The lowest BCUT2D eigenvalue weighted by atomic mass is 9.92. The van der Waals surface area contributed by atoms with Crippen molar-refractivity contribution in [3.05, 3.63) is 59.4 Å². The molecule has 1 heterocycles. The van der Waals surface area contributed by atoms with Crippen molar-refractivity contribution < 1.29 is 27.6 Å². The molecule has 8 nitrogen and oxygen atoms in total. The Morgan fingerprint density at radius 3 is 2.10 bits per heavy atom. The summed E-state index contributed by atoms with van der Waals surface area (Å²) >= 11 is 0. The summed E-state index contributed by atoms with van der Waals surface area (Å²) in [5.74, 6) is -6.27. The molecule has 0 saturated carbocycles. The molecule has 2 aromatic carbocycles. The Morgan fingerprint density at radius 1 is 1.03 bits per heavy atom. The maximum Gasteiger partial charge on any atom is 0.261 e. The van der Waals surface area contributed by atoms with Crippen LogP contribution in [-0.4, -0.2) is 35.6 Å². The molecule has 1 aliphatic rings. The Morgan fingerprint density at radius 2 is 1.57 bits per heavy atom. The Kier molecular flexibility index (Phi) is 5.45. The third kappa shape index (κ3) is 3.95. The zero-order chi connectivity index (χ0) is 22.1. The van der Waals surface area contributed by atoms with Crippen molar-refractivity contribution in [1.82, 2.24) is 5.32 Å². The van der Waals surface area contributed by atoms with Gasteiger partial charge in [-0.1, -0.05) is 0 Å². The summed E-state index contributed by atoms with van der Waals surface area (Å²) in [6.45, 7) is 1.44. The molecule has 2 atom stereocenters. The highest BCUT2D eigenvalue weighted by Crippen LogP contribution is 2.21. The topological polar surface area (TPSA) is 126 Å². The van der Waals surface area contributed by atoms with Crippen molar-refractivity contribution >= 4 is 35.4 Å². The minimum atomic E-state index is -1.37. The first-order valence-corrected chi connectivity index (χ1v) is 8.58. The van der Waals surface area contributed by atoms with Crippen LogP contribution >= 0.6 is 0 Å². The maximum atomic E-state index is 13.7. The molecule has 3 rings (SSSR count). The third-order valence-corrected chi connectivity index (χ3v) is 4.54. The van der Waals surface area contributed by atoms with Crippen molar-refractivity contribution in [2.75, 3.05) is 10.6 Å². The van der Waals surface area contributed by atoms with E-state index < -0.39 is 52.3 Å². The molecule has 0 bridgehead atoms. The molecular formula is C19H16F3N5O3. The molecule has 5 N–H and O–H groups in total. The summed E-state index contributed by atoms with van der Waals surface area (Å²) in [6, 6.07) is 5.29. The van der Waals surface area contributed by atoms with Gasteiger partial charge in [0.1, 0.15) is 28.6 Å².